The topological polar surface area (TPSA) is 56.8 Å². The summed E-state index contributed by atoms with van der Waals surface area (Å²) in [5.41, 5.74) is 0.874. The van der Waals surface area contributed by atoms with E-state index in [-0.39, 0.29) is 18.3 Å². The third kappa shape index (κ3) is 6.53. The van der Waals surface area contributed by atoms with Gasteiger partial charge in [-0.2, -0.15) is 0 Å². The van der Waals surface area contributed by atoms with Gasteiger partial charge in [0, 0.05) is 6.54 Å². The maximum absolute atomic E-state index is 13.0. The molecule has 0 spiro atoms. The zero-order valence-corrected chi connectivity index (χ0v) is 16.1. The summed E-state index contributed by atoms with van der Waals surface area (Å²) in [5.74, 6) is 1.95. The minimum Gasteiger partial charge on any atom is -0.494 e. The molecule has 3 aromatic carbocycles. The van der Waals surface area contributed by atoms with Gasteiger partial charge in [-0.15, -0.1) is 0 Å². The molecule has 0 radical (unpaired) electrons. The first-order chi connectivity index (χ1) is 14.1. The Labute approximate surface area is 169 Å². The lowest BCUT2D eigenvalue weighted by Gasteiger charge is -2.10. The molecule has 0 unspecified atom stereocenters. The van der Waals surface area contributed by atoms with E-state index in [4.69, 9.17) is 14.2 Å². The van der Waals surface area contributed by atoms with E-state index >= 15 is 0 Å². The molecule has 0 bridgehead atoms. The van der Waals surface area contributed by atoms with Crippen molar-refractivity contribution in [1.82, 2.24) is 5.32 Å². The first-order valence-electron chi connectivity index (χ1n) is 9.27. The third-order valence-electron chi connectivity index (χ3n) is 3.94. The Kier molecular flexibility index (Phi) is 7.05. The van der Waals surface area contributed by atoms with Crippen LogP contribution in [0.5, 0.6) is 23.0 Å². The predicted octanol–water partition coefficient (Wildman–Crippen LogP) is 4.71. The smallest absolute Gasteiger partial charge is 0.258 e. The van der Waals surface area contributed by atoms with Gasteiger partial charge in [0.05, 0.1) is 6.61 Å². The number of carbonyl (C=O) groups is 1. The second-order valence-corrected chi connectivity index (χ2v) is 6.17. The second-order valence-electron chi connectivity index (χ2n) is 6.17. The summed E-state index contributed by atoms with van der Waals surface area (Å²) in [7, 11) is 0. The molecule has 0 aliphatic rings. The number of carbonyl (C=O) groups excluding carboxylic acids is 1. The van der Waals surface area contributed by atoms with Crippen molar-refractivity contribution in [3.05, 3.63) is 84.2 Å². The zero-order chi connectivity index (χ0) is 20.5. The van der Waals surface area contributed by atoms with Crippen LogP contribution in [-0.2, 0) is 11.3 Å². The van der Waals surface area contributed by atoms with Crippen LogP contribution >= 0.6 is 0 Å². The molecule has 0 aliphatic carbocycles. The van der Waals surface area contributed by atoms with Crippen LogP contribution in [0.3, 0.4) is 0 Å². The molecule has 150 valence electrons. The SMILES string of the molecule is CCOc1ccc(OCC(=O)NCc2cccc(Oc3ccc(F)cc3)c2)cc1. The van der Waals surface area contributed by atoms with Crippen molar-refractivity contribution < 1.29 is 23.4 Å². The van der Waals surface area contributed by atoms with Gasteiger partial charge < -0.3 is 19.5 Å². The van der Waals surface area contributed by atoms with Gasteiger partial charge in [-0.25, -0.2) is 4.39 Å². The van der Waals surface area contributed by atoms with Crippen LogP contribution in [0.4, 0.5) is 4.39 Å². The molecular weight excluding hydrogens is 373 g/mol. The largest absolute Gasteiger partial charge is 0.494 e. The Balaban J connectivity index is 1.46. The molecule has 0 aliphatic heterocycles. The minimum atomic E-state index is -0.318. The number of rotatable bonds is 9. The fraction of sp³-hybridized carbons (Fsp3) is 0.174. The average molecular weight is 395 g/mol. The molecule has 0 atom stereocenters. The number of benzene rings is 3. The van der Waals surface area contributed by atoms with Crippen molar-refractivity contribution in [1.29, 1.82) is 0 Å². The van der Waals surface area contributed by atoms with Crippen LogP contribution in [-0.4, -0.2) is 19.1 Å². The summed E-state index contributed by atoms with van der Waals surface area (Å²) < 4.78 is 29.5. The normalized spacial score (nSPS) is 10.3. The summed E-state index contributed by atoms with van der Waals surface area (Å²) in [5, 5.41) is 2.81. The highest BCUT2D eigenvalue weighted by Gasteiger charge is 2.05. The first kappa shape index (κ1) is 20.2. The maximum Gasteiger partial charge on any atom is 0.258 e. The summed E-state index contributed by atoms with van der Waals surface area (Å²) >= 11 is 0. The molecule has 1 amide bonds. The monoisotopic (exact) mass is 395 g/mol. The first-order valence-corrected chi connectivity index (χ1v) is 9.27. The van der Waals surface area contributed by atoms with Crippen LogP contribution in [0.2, 0.25) is 0 Å². The molecule has 0 fully saturated rings. The van der Waals surface area contributed by atoms with Crippen molar-refractivity contribution in [3.8, 4) is 23.0 Å². The van der Waals surface area contributed by atoms with Crippen molar-refractivity contribution >= 4 is 5.91 Å². The Morgan fingerprint density at radius 3 is 2.21 bits per heavy atom. The van der Waals surface area contributed by atoms with Gasteiger partial charge >= 0.3 is 0 Å². The van der Waals surface area contributed by atoms with Gasteiger partial charge in [0.15, 0.2) is 6.61 Å². The average Bonchev–Trinajstić information content (AvgIpc) is 2.74. The van der Waals surface area contributed by atoms with Crippen molar-refractivity contribution in [2.24, 2.45) is 0 Å². The van der Waals surface area contributed by atoms with Crippen LogP contribution in [0.1, 0.15) is 12.5 Å². The second kappa shape index (κ2) is 10.1. The van der Waals surface area contributed by atoms with E-state index in [9.17, 15) is 9.18 Å². The summed E-state index contributed by atoms with van der Waals surface area (Å²) in [6.07, 6.45) is 0. The number of hydrogen-bond acceptors (Lipinski definition) is 4. The lowest BCUT2D eigenvalue weighted by atomic mass is 10.2. The van der Waals surface area contributed by atoms with Crippen molar-refractivity contribution in [3.63, 3.8) is 0 Å². The Hall–Kier alpha value is -3.54. The Bertz CT molecular complexity index is 926. The van der Waals surface area contributed by atoms with E-state index < -0.39 is 0 Å². The fourth-order valence-corrected chi connectivity index (χ4v) is 2.56. The molecule has 0 heterocycles. The molecular formula is C23H22FNO4. The number of hydrogen-bond donors (Lipinski definition) is 1. The van der Waals surface area contributed by atoms with Crippen LogP contribution in [0.25, 0.3) is 0 Å². The highest BCUT2D eigenvalue weighted by Crippen LogP contribution is 2.22. The number of nitrogens with one attached hydrogen (secondary N) is 1. The minimum absolute atomic E-state index is 0.0836. The summed E-state index contributed by atoms with van der Waals surface area (Å²) in [6.45, 7) is 2.77. The number of ether oxygens (including phenoxy) is 3. The molecule has 0 saturated carbocycles. The van der Waals surface area contributed by atoms with E-state index in [1.54, 1.807) is 42.5 Å². The van der Waals surface area contributed by atoms with Gasteiger partial charge in [-0.1, -0.05) is 12.1 Å². The Morgan fingerprint density at radius 2 is 1.52 bits per heavy atom. The van der Waals surface area contributed by atoms with E-state index in [1.807, 2.05) is 25.1 Å². The lowest BCUT2D eigenvalue weighted by molar-refractivity contribution is -0.123. The number of halogens is 1. The molecule has 0 saturated heterocycles. The molecule has 3 aromatic rings. The molecule has 6 heteroatoms. The number of amides is 1. The predicted molar refractivity (Wildman–Crippen MR) is 108 cm³/mol. The molecule has 29 heavy (non-hydrogen) atoms. The Morgan fingerprint density at radius 1 is 0.862 bits per heavy atom. The molecule has 0 aromatic heterocycles. The van der Waals surface area contributed by atoms with E-state index in [0.29, 0.717) is 30.4 Å². The van der Waals surface area contributed by atoms with Gasteiger partial charge in [0.1, 0.15) is 28.8 Å². The van der Waals surface area contributed by atoms with E-state index in [0.717, 1.165) is 11.3 Å². The van der Waals surface area contributed by atoms with Crippen LogP contribution < -0.4 is 19.5 Å². The van der Waals surface area contributed by atoms with Crippen LogP contribution in [0, 0.1) is 5.82 Å². The highest BCUT2D eigenvalue weighted by atomic mass is 19.1. The van der Waals surface area contributed by atoms with Gasteiger partial charge in [0.2, 0.25) is 0 Å². The molecule has 1 N–H and O–H groups in total. The quantitative estimate of drug-likeness (QED) is 0.570. The summed E-state index contributed by atoms with van der Waals surface area (Å²) in [6, 6.07) is 20.2. The lowest BCUT2D eigenvalue weighted by Crippen LogP contribution is -2.28. The van der Waals surface area contributed by atoms with Crippen molar-refractivity contribution in [2.75, 3.05) is 13.2 Å². The molecule has 5 nitrogen and oxygen atoms in total. The van der Waals surface area contributed by atoms with E-state index in [2.05, 4.69) is 5.32 Å². The highest BCUT2D eigenvalue weighted by molar-refractivity contribution is 5.77. The third-order valence-corrected chi connectivity index (χ3v) is 3.94. The van der Waals surface area contributed by atoms with E-state index in [1.165, 1.54) is 12.1 Å². The fourth-order valence-electron chi connectivity index (χ4n) is 2.56. The van der Waals surface area contributed by atoms with Crippen molar-refractivity contribution in [2.45, 2.75) is 13.5 Å². The van der Waals surface area contributed by atoms with Crippen LogP contribution in [0.15, 0.2) is 72.8 Å². The van der Waals surface area contributed by atoms with Gasteiger partial charge in [0.25, 0.3) is 5.91 Å². The summed E-state index contributed by atoms with van der Waals surface area (Å²) in [4.78, 5) is 12.0. The maximum atomic E-state index is 13.0. The van der Waals surface area contributed by atoms with Gasteiger partial charge in [-0.05, 0) is 73.2 Å². The zero-order valence-electron chi connectivity index (χ0n) is 16.1. The van der Waals surface area contributed by atoms with Gasteiger partial charge in [-0.3, -0.25) is 4.79 Å². The standard InChI is InChI=1S/C23H22FNO4/c1-2-27-19-10-12-20(13-11-19)28-16-23(26)25-15-17-4-3-5-22(14-17)29-21-8-6-18(24)7-9-21/h3-14H,2,15-16H2,1H3,(H,25,26). The molecule has 3 rings (SSSR count).